The van der Waals surface area contributed by atoms with E-state index < -0.39 is 11.9 Å². The lowest BCUT2D eigenvalue weighted by atomic mass is 9.95. The number of thiophene rings is 1. The number of imide groups is 1. The molecule has 0 bridgehead atoms. The third-order valence-electron chi connectivity index (χ3n) is 4.37. The van der Waals surface area contributed by atoms with E-state index in [2.05, 4.69) is 36.6 Å². The smallest absolute Gasteiger partial charge is 0.262 e. The number of piperidine rings is 1. The molecule has 24 heavy (non-hydrogen) atoms. The summed E-state index contributed by atoms with van der Waals surface area (Å²) in [4.78, 5) is 36.3. The monoisotopic (exact) mass is 344 g/mol. The summed E-state index contributed by atoms with van der Waals surface area (Å²) in [5.74, 6) is -0.937. The summed E-state index contributed by atoms with van der Waals surface area (Å²) in [5, 5.41) is 7.05. The number of hydrogen-bond donors (Lipinski definition) is 2. The Hall–Kier alpha value is -2.21. The second kappa shape index (κ2) is 6.73. The number of carbonyl (C=O) groups excluding carboxylic acids is 3. The predicted octanol–water partition coefficient (Wildman–Crippen LogP) is 2.58. The first-order valence-electron chi connectivity index (χ1n) is 8.06. The Labute approximate surface area is 144 Å². The van der Waals surface area contributed by atoms with E-state index in [4.69, 9.17) is 0 Å². The van der Waals surface area contributed by atoms with Gasteiger partial charge in [-0.15, -0.1) is 11.3 Å². The zero-order valence-electron chi connectivity index (χ0n) is 13.8. The lowest BCUT2D eigenvalue weighted by Crippen LogP contribution is -2.52. The Bertz CT molecular complexity index is 773. The van der Waals surface area contributed by atoms with Crippen LogP contribution in [0.4, 0.5) is 0 Å². The molecule has 0 saturated carbocycles. The van der Waals surface area contributed by atoms with Gasteiger partial charge in [0, 0.05) is 6.42 Å². The molecule has 2 N–H and O–H groups in total. The third-order valence-corrected chi connectivity index (χ3v) is 5.40. The molecule has 2 aliphatic rings. The van der Waals surface area contributed by atoms with E-state index in [-0.39, 0.29) is 18.2 Å². The second-order valence-corrected chi connectivity index (χ2v) is 7.13. The molecule has 1 aliphatic heterocycles. The van der Waals surface area contributed by atoms with Crippen LogP contribution in [0.3, 0.4) is 0 Å². The Morgan fingerprint density at radius 3 is 2.83 bits per heavy atom. The number of nitrogens with one attached hydrogen (secondary N) is 2. The maximum Gasteiger partial charge on any atom is 0.262 e. The maximum atomic E-state index is 12.6. The molecule has 0 spiro atoms. The van der Waals surface area contributed by atoms with Crippen LogP contribution in [0.5, 0.6) is 0 Å². The number of carbonyl (C=O) groups is 3. The Balaban J connectivity index is 1.81. The SMILES string of the molecule is CC1=C/CCc2c(csc2C(=O)NC2CCC(=O)NC2=O)/C(C)=C\1. The van der Waals surface area contributed by atoms with Gasteiger partial charge in [0.15, 0.2) is 0 Å². The van der Waals surface area contributed by atoms with Gasteiger partial charge < -0.3 is 5.32 Å². The molecule has 0 aromatic carbocycles. The van der Waals surface area contributed by atoms with Crippen LogP contribution in [-0.4, -0.2) is 23.8 Å². The molecule has 2 heterocycles. The third kappa shape index (κ3) is 3.33. The fraction of sp³-hybridized carbons (Fsp3) is 0.389. The average molecular weight is 344 g/mol. The number of rotatable bonds is 2. The second-order valence-electron chi connectivity index (χ2n) is 6.25. The summed E-state index contributed by atoms with van der Waals surface area (Å²) in [6.45, 7) is 4.13. The predicted molar refractivity (Wildman–Crippen MR) is 93.7 cm³/mol. The minimum atomic E-state index is -0.639. The van der Waals surface area contributed by atoms with Gasteiger partial charge in [0.25, 0.3) is 5.91 Å². The number of hydrogen-bond acceptors (Lipinski definition) is 4. The van der Waals surface area contributed by atoms with E-state index in [1.807, 2.05) is 5.38 Å². The molecule has 1 aromatic rings. The van der Waals surface area contributed by atoms with Crippen molar-refractivity contribution in [1.29, 1.82) is 0 Å². The van der Waals surface area contributed by atoms with Gasteiger partial charge in [-0.2, -0.15) is 0 Å². The lowest BCUT2D eigenvalue weighted by Gasteiger charge is -2.21. The number of fused-ring (bicyclic) bond motifs is 1. The van der Waals surface area contributed by atoms with Crippen molar-refractivity contribution >= 4 is 34.6 Å². The Morgan fingerprint density at radius 1 is 1.29 bits per heavy atom. The number of allylic oxidation sites excluding steroid dienone is 4. The zero-order chi connectivity index (χ0) is 17.3. The largest absolute Gasteiger partial charge is 0.340 e. The van der Waals surface area contributed by atoms with E-state index in [0.717, 1.165) is 29.5 Å². The van der Waals surface area contributed by atoms with Crippen LogP contribution >= 0.6 is 11.3 Å². The van der Waals surface area contributed by atoms with Crippen molar-refractivity contribution < 1.29 is 14.4 Å². The molecule has 1 aliphatic carbocycles. The molecule has 5 nitrogen and oxygen atoms in total. The summed E-state index contributed by atoms with van der Waals surface area (Å²) in [6.07, 6.45) is 6.60. The maximum absolute atomic E-state index is 12.6. The first-order chi connectivity index (χ1) is 11.5. The molecule has 1 saturated heterocycles. The van der Waals surface area contributed by atoms with Gasteiger partial charge in [-0.1, -0.05) is 17.7 Å². The Kier molecular flexibility index (Phi) is 4.66. The molecule has 1 atom stereocenters. The standard InChI is InChI=1S/C18H20N2O3S/c1-10-4-3-5-12-13(11(2)8-10)9-24-16(12)18(23)19-14-6-7-15(21)20-17(14)22/h4,8-9,14H,3,5-7H2,1-2H3,(H,19,23)(H,20,21,22)/b10-4-,11-8-. The van der Waals surface area contributed by atoms with Crippen molar-refractivity contribution in [3.05, 3.63) is 39.1 Å². The lowest BCUT2D eigenvalue weighted by molar-refractivity contribution is -0.134. The van der Waals surface area contributed by atoms with Crippen LogP contribution in [0, 0.1) is 0 Å². The highest BCUT2D eigenvalue weighted by atomic mass is 32.1. The first kappa shape index (κ1) is 16.6. The van der Waals surface area contributed by atoms with E-state index in [0.29, 0.717) is 11.3 Å². The van der Waals surface area contributed by atoms with Gasteiger partial charge >= 0.3 is 0 Å². The zero-order valence-corrected chi connectivity index (χ0v) is 14.6. The van der Waals surface area contributed by atoms with Crippen molar-refractivity contribution in [2.24, 2.45) is 0 Å². The highest BCUT2D eigenvalue weighted by Gasteiger charge is 2.29. The van der Waals surface area contributed by atoms with Crippen LogP contribution in [0.15, 0.2) is 23.1 Å². The summed E-state index contributed by atoms with van der Waals surface area (Å²) < 4.78 is 0. The molecular formula is C18H20N2O3S. The van der Waals surface area contributed by atoms with E-state index in [1.54, 1.807) is 0 Å². The fourth-order valence-corrected chi connectivity index (χ4v) is 4.21. The van der Waals surface area contributed by atoms with Crippen LogP contribution in [0.1, 0.15) is 53.9 Å². The molecule has 126 valence electrons. The first-order valence-corrected chi connectivity index (χ1v) is 8.94. The van der Waals surface area contributed by atoms with Crippen molar-refractivity contribution in [3.8, 4) is 0 Å². The highest BCUT2D eigenvalue weighted by Crippen LogP contribution is 2.32. The average Bonchev–Trinajstić information content (AvgIpc) is 2.92. The molecule has 3 amide bonds. The summed E-state index contributed by atoms with van der Waals surface area (Å²) in [5.41, 5.74) is 4.54. The molecule has 1 unspecified atom stereocenters. The summed E-state index contributed by atoms with van der Waals surface area (Å²) >= 11 is 1.41. The summed E-state index contributed by atoms with van der Waals surface area (Å²) in [7, 11) is 0. The topological polar surface area (TPSA) is 75.3 Å². The van der Waals surface area contributed by atoms with Crippen molar-refractivity contribution in [2.45, 2.75) is 45.6 Å². The van der Waals surface area contributed by atoms with Crippen molar-refractivity contribution in [1.82, 2.24) is 10.6 Å². The molecule has 6 heteroatoms. The van der Waals surface area contributed by atoms with Crippen LogP contribution in [0.25, 0.3) is 5.57 Å². The van der Waals surface area contributed by atoms with Crippen LogP contribution in [-0.2, 0) is 16.0 Å². The van der Waals surface area contributed by atoms with Gasteiger partial charge in [0.2, 0.25) is 11.8 Å². The van der Waals surface area contributed by atoms with Gasteiger partial charge in [-0.3, -0.25) is 19.7 Å². The van der Waals surface area contributed by atoms with Crippen LogP contribution in [0.2, 0.25) is 0 Å². The van der Waals surface area contributed by atoms with Gasteiger partial charge in [-0.25, -0.2) is 0 Å². The quantitative estimate of drug-likeness (QED) is 0.810. The number of amides is 3. The minimum Gasteiger partial charge on any atom is -0.340 e. The fourth-order valence-electron chi connectivity index (χ4n) is 3.13. The molecule has 1 aromatic heterocycles. The summed E-state index contributed by atoms with van der Waals surface area (Å²) in [6, 6.07) is -0.639. The molecular weight excluding hydrogens is 324 g/mol. The van der Waals surface area contributed by atoms with Crippen LogP contribution < -0.4 is 10.6 Å². The molecule has 3 rings (SSSR count). The van der Waals surface area contributed by atoms with E-state index in [9.17, 15) is 14.4 Å². The molecule has 1 fully saturated rings. The van der Waals surface area contributed by atoms with Gasteiger partial charge in [0.05, 0.1) is 4.88 Å². The minimum absolute atomic E-state index is 0.232. The van der Waals surface area contributed by atoms with Gasteiger partial charge in [-0.05, 0) is 55.2 Å². The van der Waals surface area contributed by atoms with Gasteiger partial charge in [0.1, 0.15) is 6.04 Å². The molecule has 0 radical (unpaired) electrons. The van der Waals surface area contributed by atoms with E-state index in [1.165, 1.54) is 16.9 Å². The van der Waals surface area contributed by atoms with Crippen molar-refractivity contribution in [2.75, 3.05) is 0 Å². The highest BCUT2D eigenvalue weighted by molar-refractivity contribution is 7.12. The Morgan fingerprint density at radius 2 is 2.08 bits per heavy atom. The normalized spacial score (nSPS) is 25.3. The van der Waals surface area contributed by atoms with Crippen molar-refractivity contribution in [3.63, 3.8) is 0 Å². The van der Waals surface area contributed by atoms with E-state index >= 15 is 0 Å².